The van der Waals surface area contributed by atoms with Crippen LogP contribution in [0.4, 0.5) is 0 Å². The molecule has 0 aromatic rings. The van der Waals surface area contributed by atoms with Gasteiger partial charge in [0.15, 0.2) is 11.6 Å². The van der Waals surface area contributed by atoms with Crippen LogP contribution in [0.5, 0.6) is 0 Å². The van der Waals surface area contributed by atoms with E-state index in [0.29, 0.717) is 0 Å². The van der Waals surface area contributed by atoms with Crippen molar-refractivity contribution >= 4 is 5.94 Å². The standard InChI is InChI=1S/C5H5NO/c1-2-3-5(6)4-7/h6H2,1H3. The summed E-state index contributed by atoms with van der Waals surface area (Å²) >= 11 is 0. The summed E-state index contributed by atoms with van der Waals surface area (Å²) in [6.45, 7) is 1.60. The maximum absolute atomic E-state index is 9.51. The van der Waals surface area contributed by atoms with E-state index in [1.807, 2.05) is 0 Å². The first-order valence-electron chi connectivity index (χ1n) is 1.74. The molecule has 7 heavy (non-hydrogen) atoms. The van der Waals surface area contributed by atoms with Gasteiger partial charge in [-0.2, -0.15) is 0 Å². The molecule has 0 fully saturated rings. The van der Waals surface area contributed by atoms with Crippen LogP contribution < -0.4 is 5.73 Å². The minimum absolute atomic E-state index is 0.0394. The van der Waals surface area contributed by atoms with Crippen LogP contribution in [0.25, 0.3) is 0 Å². The first-order chi connectivity index (χ1) is 3.31. The zero-order chi connectivity index (χ0) is 5.70. The van der Waals surface area contributed by atoms with Gasteiger partial charge in [-0.15, -0.1) is 0 Å². The second kappa shape index (κ2) is 3.02. The Morgan fingerprint density at radius 2 is 2.29 bits per heavy atom. The number of allylic oxidation sites excluding steroid dienone is 1. The topological polar surface area (TPSA) is 43.1 Å². The first-order valence-corrected chi connectivity index (χ1v) is 1.74. The zero-order valence-electron chi connectivity index (χ0n) is 3.99. The summed E-state index contributed by atoms with van der Waals surface area (Å²) < 4.78 is 0. The van der Waals surface area contributed by atoms with Gasteiger partial charge in [-0.1, -0.05) is 5.92 Å². The van der Waals surface area contributed by atoms with Crippen molar-refractivity contribution in [1.82, 2.24) is 0 Å². The lowest BCUT2D eigenvalue weighted by Gasteiger charge is -1.69. The highest BCUT2D eigenvalue weighted by atomic mass is 16.1. The summed E-state index contributed by atoms with van der Waals surface area (Å²) in [7, 11) is 0. The quantitative estimate of drug-likeness (QED) is 0.331. The van der Waals surface area contributed by atoms with Crippen molar-refractivity contribution in [2.45, 2.75) is 6.92 Å². The lowest BCUT2D eigenvalue weighted by molar-refractivity contribution is 0.567. The van der Waals surface area contributed by atoms with E-state index in [-0.39, 0.29) is 5.70 Å². The first kappa shape index (κ1) is 5.81. The van der Waals surface area contributed by atoms with Crippen LogP contribution in [0.15, 0.2) is 5.70 Å². The van der Waals surface area contributed by atoms with Gasteiger partial charge >= 0.3 is 0 Å². The highest BCUT2D eigenvalue weighted by Crippen LogP contribution is 1.63. The maximum Gasteiger partial charge on any atom is 0.168 e. The van der Waals surface area contributed by atoms with E-state index >= 15 is 0 Å². The molecule has 2 heteroatoms. The van der Waals surface area contributed by atoms with E-state index in [9.17, 15) is 4.79 Å². The van der Waals surface area contributed by atoms with Gasteiger partial charge < -0.3 is 5.73 Å². The Kier molecular flexibility index (Phi) is 2.50. The van der Waals surface area contributed by atoms with E-state index in [0.717, 1.165) is 0 Å². The molecule has 0 aliphatic heterocycles. The third-order valence-electron chi connectivity index (χ3n) is 0.370. The van der Waals surface area contributed by atoms with E-state index in [2.05, 4.69) is 11.8 Å². The molecule has 0 aliphatic rings. The summed E-state index contributed by atoms with van der Waals surface area (Å²) in [4.78, 5) is 9.51. The maximum atomic E-state index is 9.51. The smallest absolute Gasteiger partial charge is 0.168 e. The summed E-state index contributed by atoms with van der Waals surface area (Å²) in [5.74, 6) is 6.20. The van der Waals surface area contributed by atoms with Crippen LogP contribution in [0.2, 0.25) is 0 Å². The van der Waals surface area contributed by atoms with Crippen molar-refractivity contribution in [1.29, 1.82) is 0 Å². The summed E-state index contributed by atoms with van der Waals surface area (Å²) in [6, 6.07) is 0. The molecule has 0 rings (SSSR count). The highest BCUT2D eigenvalue weighted by Gasteiger charge is 1.71. The van der Waals surface area contributed by atoms with Crippen molar-refractivity contribution in [3.05, 3.63) is 5.70 Å². The number of hydrogen-bond donors (Lipinski definition) is 1. The molecule has 0 atom stereocenters. The molecule has 2 nitrogen and oxygen atoms in total. The Morgan fingerprint density at radius 3 is 2.43 bits per heavy atom. The monoisotopic (exact) mass is 95.0 g/mol. The van der Waals surface area contributed by atoms with Gasteiger partial charge in [0, 0.05) is 0 Å². The normalized spacial score (nSPS) is 5.29. The zero-order valence-corrected chi connectivity index (χ0v) is 3.99. The lowest BCUT2D eigenvalue weighted by Crippen LogP contribution is -1.92. The van der Waals surface area contributed by atoms with Gasteiger partial charge in [-0.05, 0) is 12.8 Å². The fraction of sp³-hybridized carbons (Fsp3) is 0.200. The molecule has 0 spiro atoms. The van der Waals surface area contributed by atoms with Crippen molar-refractivity contribution < 1.29 is 4.79 Å². The number of nitrogens with two attached hydrogens (primary N) is 1. The second-order valence-electron chi connectivity index (χ2n) is 0.891. The minimum Gasteiger partial charge on any atom is -0.383 e. The van der Waals surface area contributed by atoms with Gasteiger partial charge in [-0.25, -0.2) is 4.79 Å². The molecule has 0 bridgehead atoms. The Bertz CT molecular complexity index is 155. The predicted octanol–water partition coefficient (Wildman–Crippen LogP) is -0.316. The Balaban J connectivity index is 4.02. The van der Waals surface area contributed by atoms with Crippen LogP contribution in [-0.2, 0) is 4.79 Å². The second-order valence-corrected chi connectivity index (χ2v) is 0.891. The molecule has 0 saturated heterocycles. The molecule has 0 amide bonds. The SMILES string of the molecule is CC#CC(N)=C=O. The van der Waals surface area contributed by atoms with Crippen LogP contribution in [-0.4, -0.2) is 5.94 Å². The van der Waals surface area contributed by atoms with E-state index < -0.39 is 0 Å². The van der Waals surface area contributed by atoms with Gasteiger partial charge in [0.1, 0.15) is 0 Å². The lowest BCUT2D eigenvalue weighted by atomic mass is 10.5. The Morgan fingerprint density at radius 1 is 1.71 bits per heavy atom. The average molecular weight is 95.1 g/mol. The number of hydrogen-bond acceptors (Lipinski definition) is 2. The van der Waals surface area contributed by atoms with Crippen molar-refractivity contribution in [3.8, 4) is 11.8 Å². The van der Waals surface area contributed by atoms with Crippen LogP contribution in [0.1, 0.15) is 6.92 Å². The van der Waals surface area contributed by atoms with Crippen LogP contribution in [0, 0.1) is 11.8 Å². The van der Waals surface area contributed by atoms with E-state index in [1.54, 1.807) is 6.92 Å². The molecule has 2 N–H and O–H groups in total. The van der Waals surface area contributed by atoms with E-state index in [1.165, 1.54) is 5.94 Å². The Hall–Kier alpha value is -1.19. The molecule has 0 unspecified atom stereocenters. The van der Waals surface area contributed by atoms with Crippen molar-refractivity contribution in [2.24, 2.45) is 5.73 Å². The Labute approximate surface area is 42.0 Å². The molecule has 0 heterocycles. The van der Waals surface area contributed by atoms with Gasteiger partial charge in [0.25, 0.3) is 0 Å². The molecule has 36 valence electrons. The molecular weight excluding hydrogens is 90.1 g/mol. The van der Waals surface area contributed by atoms with Gasteiger partial charge in [-0.3, -0.25) is 0 Å². The molecule has 0 aliphatic carbocycles. The molecule has 0 aromatic carbocycles. The fourth-order valence-corrected chi connectivity index (χ4v) is 0.160. The molecule has 0 saturated carbocycles. The fourth-order valence-electron chi connectivity index (χ4n) is 0.160. The van der Waals surface area contributed by atoms with Gasteiger partial charge in [0.05, 0.1) is 0 Å². The highest BCUT2D eigenvalue weighted by molar-refractivity contribution is 5.58. The van der Waals surface area contributed by atoms with Gasteiger partial charge in [0.2, 0.25) is 0 Å². The third-order valence-corrected chi connectivity index (χ3v) is 0.370. The number of carbonyl (C=O) groups excluding carboxylic acids is 1. The van der Waals surface area contributed by atoms with E-state index in [4.69, 9.17) is 5.73 Å². The van der Waals surface area contributed by atoms with Crippen LogP contribution >= 0.6 is 0 Å². The summed E-state index contributed by atoms with van der Waals surface area (Å²) in [5, 5.41) is 0. The molecular formula is C5H5NO. The van der Waals surface area contributed by atoms with Crippen LogP contribution in [0.3, 0.4) is 0 Å². The molecule has 0 radical (unpaired) electrons. The summed E-state index contributed by atoms with van der Waals surface area (Å²) in [5.41, 5.74) is 4.86. The molecule has 0 aromatic heterocycles. The summed E-state index contributed by atoms with van der Waals surface area (Å²) in [6.07, 6.45) is 0. The predicted molar refractivity (Wildman–Crippen MR) is 26.8 cm³/mol. The van der Waals surface area contributed by atoms with Crippen molar-refractivity contribution in [3.63, 3.8) is 0 Å². The van der Waals surface area contributed by atoms with Crippen molar-refractivity contribution in [2.75, 3.05) is 0 Å². The minimum atomic E-state index is -0.0394. The average Bonchev–Trinajstić information content (AvgIpc) is 1.68. The largest absolute Gasteiger partial charge is 0.383 e. The third kappa shape index (κ3) is 2.62. The number of rotatable bonds is 0.